The summed E-state index contributed by atoms with van der Waals surface area (Å²) in [4.78, 5) is 26.1. The summed E-state index contributed by atoms with van der Waals surface area (Å²) in [6.07, 6.45) is 1.42. The molecule has 0 aliphatic heterocycles. The average molecular weight is 504 g/mol. The van der Waals surface area contributed by atoms with Crippen LogP contribution in [-0.2, 0) is 11.3 Å². The number of methoxy groups -OCH3 is 1. The molecule has 0 saturated carbocycles. The molecule has 1 heterocycles. The molecular weight excluding hydrogens is 481 g/mol. The number of hydrogen-bond donors (Lipinski definition) is 1. The highest BCUT2D eigenvalue weighted by Gasteiger charge is 2.17. The molecule has 0 aliphatic rings. The summed E-state index contributed by atoms with van der Waals surface area (Å²) in [5, 5.41) is 3.41. The first-order chi connectivity index (χ1) is 17.4. The normalized spacial score (nSPS) is 11.2. The number of halogens is 2. The van der Waals surface area contributed by atoms with E-state index in [1.54, 1.807) is 73.8 Å². The van der Waals surface area contributed by atoms with Gasteiger partial charge in [-0.25, -0.2) is 4.39 Å². The maximum absolute atomic E-state index is 13.2. The maximum atomic E-state index is 13.2. The second kappa shape index (κ2) is 11.5. The van der Waals surface area contributed by atoms with Crippen LogP contribution in [0.5, 0.6) is 5.75 Å². The van der Waals surface area contributed by atoms with Crippen molar-refractivity contribution in [3.05, 3.63) is 118 Å². The van der Waals surface area contributed by atoms with Crippen molar-refractivity contribution in [1.29, 1.82) is 0 Å². The van der Waals surface area contributed by atoms with Gasteiger partial charge in [-0.1, -0.05) is 23.7 Å². The summed E-state index contributed by atoms with van der Waals surface area (Å²) in [6.45, 7) is 0.182. The molecule has 0 aliphatic carbocycles. The van der Waals surface area contributed by atoms with Crippen molar-refractivity contribution < 1.29 is 23.1 Å². The van der Waals surface area contributed by atoms with E-state index in [4.69, 9.17) is 20.8 Å². The molecule has 4 rings (SSSR count). The van der Waals surface area contributed by atoms with Gasteiger partial charge >= 0.3 is 0 Å². The van der Waals surface area contributed by atoms with Gasteiger partial charge in [0, 0.05) is 34.7 Å². The summed E-state index contributed by atoms with van der Waals surface area (Å²) >= 11 is 5.96. The Morgan fingerprint density at radius 3 is 2.31 bits per heavy atom. The largest absolute Gasteiger partial charge is 0.497 e. The lowest BCUT2D eigenvalue weighted by molar-refractivity contribution is -0.117. The van der Waals surface area contributed by atoms with Crippen LogP contribution < -0.4 is 10.1 Å². The summed E-state index contributed by atoms with van der Waals surface area (Å²) in [5.41, 5.74) is 2.24. The number of ketones is 1. The van der Waals surface area contributed by atoms with Crippen LogP contribution in [0, 0.1) is 5.82 Å². The minimum absolute atomic E-state index is 0.140. The predicted molar refractivity (Wildman–Crippen MR) is 137 cm³/mol. The minimum atomic E-state index is -0.425. The first-order valence-corrected chi connectivity index (χ1v) is 11.6. The summed E-state index contributed by atoms with van der Waals surface area (Å²) in [6, 6.07) is 23.2. The molecule has 4 aromatic rings. The average Bonchev–Trinajstić information content (AvgIpc) is 3.36. The van der Waals surface area contributed by atoms with Crippen molar-refractivity contribution in [2.45, 2.75) is 13.0 Å². The molecule has 5 nitrogen and oxygen atoms in total. The van der Waals surface area contributed by atoms with Gasteiger partial charge in [0.15, 0.2) is 5.78 Å². The van der Waals surface area contributed by atoms with E-state index in [0.29, 0.717) is 27.9 Å². The molecule has 0 radical (unpaired) electrons. The van der Waals surface area contributed by atoms with Crippen LogP contribution in [0.4, 0.5) is 4.39 Å². The predicted octanol–water partition coefficient (Wildman–Crippen LogP) is 6.72. The monoisotopic (exact) mass is 503 g/mol. The number of hydrogen-bond acceptors (Lipinski definition) is 4. The molecule has 0 bridgehead atoms. The van der Waals surface area contributed by atoms with Gasteiger partial charge in [0.05, 0.1) is 7.11 Å². The van der Waals surface area contributed by atoms with Gasteiger partial charge < -0.3 is 14.5 Å². The molecule has 36 heavy (non-hydrogen) atoms. The number of Topliss-reactive ketones (excluding diaryl/α,β-unsaturated/α-hetero) is 1. The topological polar surface area (TPSA) is 68.5 Å². The summed E-state index contributed by atoms with van der Waals surface area (Å²) < 4.78 is 24.3. The number of rotatable bonds is 9. The van der Waals surface area contributed by atoms with Crippen LogP contribution >= 0.6 is 11.6 Å². The van der Waals surface area contributed by atoms with Gasteiger partial charge in [0.25, 0.3) is 0 Å². The fourth-order valence-electron chi connectivity index (χ4n) is 3.52. The van der Waals surface area contributed by atoms with E-state index in [9.17, 15) is 14.0 Å². The highest BCUT2D eigenvalue weighted by atomic mass is 35.5. The number of carbonyl (C=O) groups excluding carboxylic acids is 2. The SMILES string of the molecule is COc1ccc(C(=O)C/C(=C/c2ccc(-c3ccc(Cl)cc3)o2)C(=O)NCc2ccc(F)cc2)cc1. The first kappa shape index (κ1) is 24.9. The van der Waals surface area contributed by atoms with Crippen molar-refractivity contribution in [1.82, 2.24) is 5.32 Å². The third kappa shape index (κ3) is 6.49. The summed E-state index contributed by atoms with van der Waals surface area (Å²) in [7, 11) is 1.55. The Labute approximate surface area is 213 Å². The van der Waals surface area contributed by atoms with Crippen LogP contribution in [0.2, 0.25) is 5.02 Å². The van der Waals surface area contributed by atoms with Gasteiger partial charge in [-0.3, -0.25) is 9.59 Å². The smallest absolute Gasteiger partial charge is 0.248 e. The van der Waals surface area contributed by atoms with Crippen LogP contribution in [0.25, 0.3) is 17.4 Å². The van der Waals surface area contributed by atoms with Crippen LogP contribution in [-0.4, -0.2) is 18.8 Å². The van der Waals surface area contributed by atoms with Gasteiger partial charge in [0.1, 0.15) is 23.1 Å². The minimum Gasteiger partial charge on any atom is -0.497 e. The van der Waals surface area contributed by atoms with Crippen LogP contribution in [0.1, 0.15) is 28.1 Å². The van der Waals surface area contributed by atoms with Gasteiger partial charge in [-0.15, -0.1) is 0 Å². The Balaban J connectivity index is 1.57. The Hall–Kier alpha value is -4.16. The lowest BCUT2D eigenvalue weighted by Gasteiger charge is -2.09. The van der Waals surface area contributed by atoms with E-state index in [-0.39, 0.29) is 30.1 Å². The number of amides is 1. The van der Waals surface area contributed by atoms with E-state index in [0.717, 1.165) is 11.1 Å². The number of carbonyl (C=O) groups is 2. The quantitative estimate of drug-likeness (QED) is 0.203. The van der Waals surface area contributed by atoms with Crippen molar-refractivity contribution in [2.75, 3.05) is 7.11 Å². The van der Waals surface area contributed by atoms with Crippen molar-refractivity contribution >= 4 is 29.4 Å². The van der Waals surface area contributed by atoms with Crippen molar-refractivity contribution in [3.63, 3.8) is 0 Å². The van der Waals surface area contributed by atoms with Gasteiger partial charge in [0.2, 0.25) is 5.91 Å². The van der Waals surface area contributed by atoms with E-state index in [1.165, 1.54) is 12.1 Å². The fourth-order valence-corrected chi connectivity index (χ4v) is 3.64. The molecule has 182 valence electrons. The van der Waals surface area contributed by atoms with E-state index >= 15 is 0 Å². The highest BCUT2D eigenvalue weighted by Crippen LogP contribution is 2.26. The summed E-state index contributed by atoms with van der Waals surface area (Å²) in [5.74, 6) is 0.644. The molecule has 1 amide bonds. The lowest BCUT2D eigenvalue weighted by atomic mass is 10.0. The number of benzene rings is 3. The molecule has 0 unspecified atom stereocenters. The molecule has 0 spiro atoms. The Bertz CT molecular complexity index is 1370. The second-order valence-electron chi connectivity index (χ2n) is 8.02. The Morgan fingerprint density at radius 1 is 0.944 bits per heavy atom. The molecule has 1 aromatic heterocycles. The molecule has 0 fully saturated rings. The molecular formula is C29H23ClFNO4. The first-order valence-electron chi connectivity index (χ1n) is 11.2. The highest BCUT2D eigenvalue weighted by molar-refractivity contribution is 6.30. The molecule has 3 aromatic carbocycles. The number of ether oxygens (including phenoxy) is 1. The van der Waals surface area contributed by atoms with Crippen LogP contribution in [0.3, 0.4) is 0 Å². The zero-order chi connectivity index (χ0) is 25.5. The third-order valence-corrected chi connectivity index (χ3v) is 5.74. The zero-order valence-corrected chi connectivity index (χ0v) is 20.2. The number of furan rings is 1. The van der Waals surface area contributed by atoms with Crippen molar-refractivity contribution in [3.8, 4) is 17.1 Å². The Morgan fingerprint density at radius 2 is 1.64 bits per heavy atom. The second-order valence-corrected chi connectivity index (χ2v) is 8.45. The standard InChI is InChI=1S/C29H23ClFNO4/c1-35-25-12-6-20(7-13-25)27(33)17-22(29(34)32-18-19-2-10-24(31)11-3-19)16-26-14-15-28(36-26)21-4-8-23(30)9-5-21/h2-16H,17-18H2,1H3,(H,32,34)/b22-16-. The fraction of sp³-hybridized carbons (Fsp3) is 0.103. The van der Waals surface area contributed by atoms with Gasteiger partial charge in [-0.2, -0.15) is 0 Å². The van der Waals surface area contributed by atoms with Crippen LogP contribution in [0.15, 0.2) is 94.9 Å². The van der Waals surface area contributed by atoms with Gasteiger partial charge in [-0.05, 0) is 84.4 Å². The lowest BCUT2D eigenvalue weighted by Crippen LogP contribution is -2.25. The number of nitrogens with one attached hydrogen (secondary N) is 1. The third-order valence-electron chi connectivity index (χ3n) is 5.49. The Kier molecular flexibility index (Phi) is 7.98. The molecule has 0 saturated heterocycles. The van der Waals surface area contributed by atoms with E-state index in [1.807, 2.05) is 12.1 Å². The maximum Gasteiger partial charge on any atom is 0.248 e. The molecule has 7 heteroatoms. The molecule has 0 atom stereocenters. The molecule has 1 N–H and O–H groups in total. The van der Waals surface area contributed by atoms with E-state index < -0.39 is 5.91 Å². The zero-order valence-electron chi connectivity index (χ0n) is 19.5. The van der Waals surface area contributed by atoms with E-state index in [2.05, 4.69) is 5.32 Å². The van der Waals surface area contributed by atoms with Crippen molar-refractivity contribution in [2.24, 2.45) is 0 Å².